The van der Waals surface area contributed by atoms with E-state index in [1.54, 1.807) is 6.92 Å². The van der Waals surface area contributed by atoms with Gasteiger partial charge in [-0.1, -0.05) is 0 Å². The summed E-state index contributed by atoms with van der Waals surface area (Å²) in [7, 11) is 0. The van der Waals surface area contributed by atoms with E-state index in [1.807, 2.05) is 0 Å². The minimum atomic E-state index is -4.73. The molecule has 0 aliphatic rings. The average molecular weight is 283 g/mol. The van der Waals surface area contributed by atoms with Crippen LogP contribution in [0.15, 0.2) is 36.7 Å². The topological polar surface area (TPSA) is 30.0 Å². The standard InChI is InChI=1S/C14H9F4NO/c1-8-4-9(7-19-6-8)13(20)11-5-10(15)2-3-12(11)14(16,17)18/h2-7H,1H3. The van der Waals surface area contributed by atoms with Gasteiger partial charge in [-0.05, 0) is 36.8 Å². The number of carbonyl (C=O) groups excluding carboxylic acids is 1. The number of alkyl halides is 3. The molecule has 1 heterocycles. The third kappa shape index (κ3) is 2.84. The van der Waals surface area contributed by atoms with Crippen molar-refractivity contribution in [3.05, 3.63) is 64.7 Å². The lowest BCUT2D eigenvalue weighted by Crippen LogP contribution is -2.14. The molecule has 20 heavy (non-hydrogen) atoms. The van der Waals surface area contributed by atoms with Gasteiger partial charge in [-0.2, -0.15) is 13.2 Å². The number of aromatic nitrogens is 1. The van der Waals surface area contributed by atoms with Gasteiger partial charge >= 0.3 is 6.18 Å². The smallest absolute Gasteiger partial charge is 0.289 e. The Morgan fingerprint density at radius 1 is 1.15 bits per heavy atom. The van der Waals surface area contributed by atoms with Crippen molar-refractivity contribution in [2.45, 2.75) is 13.1 Å². The Morgan fingerprint density at radius 3 is 2.45 bits per heavy atom. The third-order valence-corrected chi connectivity index (χ3v) is 2.67. The van der Waals surface area contributed by atoms with Gasteiger partial charge in [0.2, 0.25) is 0 Å². The molecule has 0 aliphatic carbocycles. The number of halogens is 4. The molecule has 2 nitrogen and oxygen atoms in total. The highest BCUT2D eigenvalue weighted by atomic mass is 19.4. The summed E-state index contributed by atoms with van der Waals surface area (Å²) in [5.41, 5.74) is -1.27. The molecule has 2 aromatic rings. The lowest BCUT2D eigenvalue weighted by atomic mass is 9.98. The summed E-state index contributed by atoms with van der Waals surface area (Å²) in [6.07, 6.45) is -2.11. The van der Waals surface area contributed by atoms with E-state index in [-0.39, 0.29) is 5.56 Å². The lowest BCUT2D eigenvalue weighted by molar-refractivity contribution is -0.137. The number of aryl methyl sites for hydroxylation is 1. The molecule has 0 N–H and O–H groups in total. The molecule has 0 spiro atoms. The fourth-order valence-electron chi connectivity index (χ4n) is 1.79. The van der Waals surface area contributed by atoms with Gasteiger partial charge in [0.05, 0.1) is 5.56 Å². The van der Waals surface area contributed by atoms with Crippen LogP contribution >= 0.6 is 0 Å². The quantitative estimate of drug-likeness (QED) is 0.620. The van der Waals surface area contributed by atoms with Crippen molar-refractivity contribution >= 4 is 5.78 Å². The molecule has 6 heteroatoms. The Morgan fingerprint density at radius 2 is 1.85 bits per heavy atom. The fourth-order valence-corrected chi connectivity index (χ4v) is 1.79. The van der Waals surface area contributed by atoms with Gasteiger partial charge in [0.25, 0.3) is 0 Å². The van der Waals surface area contributed by atoms with Crippen LogP contribution in [0, 0.1) is 12.7 Å². The van der Waals surface area contributed by atoms with Crippen LogP contribution in [0.1, 0.15) is 27.0 Å². The van der Waals surface area contributed by atoms with Gasteiger partial charge in [0, 0.05) is 23.5 Å². The second kappa shape index (κ2) is 5.03. The average Bonchev–Trinajstić information content (AvgIpc) is 2.36. The number of benzene rings is 1. The predicted octanol–water partition coefficient (Wildman–Crippen LogP) is 3.78. The molecule has 0 bridgehead atoms. The molecule has 0 aliphatic heterocycles. The number of hydrogen-bond acceptors (Lipinski definition) is 2. The van der Waals surface area contributed by atoms with E-state index in [0.717, 1.165) is 6.20 Å². The van der Waals surface area contributed by atoms with Crippen LogP contribution in [0.2, 0.25) is 0 Å². The highest BCUT2D eigenvalue weighted by Crippen LogP contribution is 2.33. The lowest BCUT2D eigenvalue weighted by Gasteiger charge is -2.12. The second-order valence-electron chi connectivity index (χ2n) is 4.27. The van der Waals surface area contributed by atoms with Crippen LogP contribution in [0.5, 0.6) is 0 Å². The normalized spacial score (nSPS) is 11.4. The number of hydrogen-bond donors (Lipinski definition) is 0. The van der Waals surface area contributed by atoms with Gasteiger partial charge in [0.1, 0.15) is 5.82 Å². The highest BCUT2D eigenvalue weighted by Gasteiger charge is 2.35. The molecule has 2 rings (SSSR count). The van der Waals surface area contributed by atoms with E-state index in [9.17, 15) is 22.4 Å². The van der Waals surface area contributed by atoms with Crippen LogP contribution in [0.4, 0.5) is 17.6 Å². The summed E-state index contributed by atoms with van der Waals surface area (Å²) >= 11 is 0. The van der Waals surface area contributed by atoms with E-state index in [4.69, 9.17) is 0 Å². The fraction of sp³-hybridized carbons (Fsp3) is 0.143. The van der Waals surface area contributed by atoms with Gasteiger partial charge in [-0.25, -0.2) is 4.39 Å². The monoisotopic (exact) mass is 283 g/mol. The molecule has 0 amide bonds. The minimum Gasteiger partial charge on any atom is -0.289 e. The van der Waals surface area contributed by atoms with Crippen molar-refractivity contribution in [1.82, 2.24) is 4.98 Å². The first-order chi connectivity index (χ1) is 9.29. The largest absolute Gasteiger partial charge is 0.417 e. The van der Waals surface area contributed by atoms with E-state index in [2.05, 4.69) is 4.98 Å². The summed E-state index contributed by atoms with van der Waals surface area (Å²) in [6, 6.07) is 3.23. The van der Waals surface area contributed by atoms with Crippen LogP contribution in [-0.4, -0.2) is 10.8 Å². The predicted molar refractivity (Wildman–Crippen MR) is 63.8 cm³/mol. The minimum absolute atomic E-state index is 0.0129. The van der Waals surface area contributed by atoms with E-state index in [0.29, 0.717) is 23.8 Å². The number of pyridine rings is 1. The zero-order chi connectivity index (χ0) is 14.9. The zero-order valence-corrected chi connectivity index (χ0v) is 10.3. The maximum absolute atomic E-state index is 13.2. The van der Waals surface area contributed by atoms with E-state index in [1.165, 1.54) is 12.3 Å². The van der Waals surface area contributed by atoms with Crippen LogP contribution < -0.4 is 0 Å². The summed E-state index contributed by atoms with van der Waals surface area (Å²) in [6.45, 7) is 1.65. The molecular weight excluding hydrogens is 274 g/mol. The summed E-state index contributed by atoms with van der Waals surface area (Å²) in [4.78, 5) is 15.9. The van der Waals surface area contributed by atoms with Gasteiger partial charge in [0.15, 0.2) is 5.78 Å². The SMILES string of the molecule is Cc1cncc(C(=O)c2cc(F)ccc2C(F)(F)F)c1. The first-order valence-corrected chi connectivity index (χ1v) is 5.62. The van der Waals surface area contributed by atoms with Crippen LogP contribution in [-0.2, 0) is 6.18 Å². The van der Waals surface area contributed by atoms with Gasteiger partial charge < -0.3 is 0 Å². The van der Waals surface area contributed by atoms with Crippen molar-refractivity contribution in [2.75, 3.05) is 0 Å². The molecule has 0 radical (unpaired) electrons. The first-order valence-electron chi connectivity index (χ1n) is 5.62. The molecule has 104 valence electrons. The van der Waals surface area contributed by atoms with Crippen molar-refractivity contribution < 1.29 is 22.4 Å². The number of carbonyl (C=O) groups is 1. The molecule has 0 fully saturated rings. The van der Waals surface area contributed by atoms with Crippen molar-refractivity contribution in [3.8, 4) is 0 Å². The van der Waals surface area contributed by atoms with Crippen molar-refractivity contribution in [1.29, 1.82) is 0 Å². The van der Waals surface area contributed by atoms with Gasteiger partial charge in [-0.3, -0.25) is 9.78 Å². The number of nitrogens with zero attached hydrogens (tertiary/aromatic N) is 1. The van der Waals surface area contributed by atoms with E-state index >= 15 is 0 Å². The number of ketones is 1. The molecular formula is C14H9F4NO. The Hall–Kier alpha value is -2.24. The molecule has 1 aromatic carbocycles. The Labute approximate surface area is 112 Å². The first kappa shape index (κ1) is 14.2. The summed E-state index contributed by atoms with van der Waals surface area (Å²) in [5.74, 6) is -1.81. The Balaban J connectivity index is 2.57. The molecule has 0 atom stereocenters. The van der Waals surface area contributed by atoms with Gasteiger partial charge in [-0.15, -0.1) is 0 Å². The van der Waals surface area contributed by atoms with Crippen LogP contribution in [0.25, 0.3) is 0 Å². The van der Waals surface area contributed by atoms with Crippen LogP contribution in [0.3, 0.4) is 0 Å². The maximum Gasteiger partial charge on any atom is 0.417 e. The maximum atomic E-state index is 13.2. The Kier molecular flexibility index (Phi) is 3.57. The summed E-state index contributed by atoms with van der Waals surface area (Å²) < 4.78 is 51.7. The molecule has 0 unspecified atom stereocenters. The molecule has 0 saturated carbocycles. The highest BCUT2D eigenvalue weighted by molar-refractivity contribution is 6.09. The molecule has 0 saturated heterocycles. The Bertz CT molecular complexity index is 664. The zero-order valence-electron chi connectivity index (χ0n) is 10.3. The molecule has 1 aromatic heterocycles. The number of rotatable bonds is 2. The van der Waals surface area contributed by atoms with Crippen molar-refractivity contribution in [3.63, 3.8) is 0 Å². The summed E-state index contributed by atoms with van der Waals surface area (Å²) in [5, 5.41) is 0. The second-order valence-corrected chi connectivity index (χ2v) is 4.27. The third-order valence-electron chi connectivity index (χ3n) is 2.67. The van der Waals surface area contributed by atoms with E-state index < -0.39 is 28.9 Å². The van der Waals surface area contributed by atoms with Crippen molar-refractivity contribution in [2.24, 2.45) is 0 Å².